The molecule has 31 heavy (non-hydrogen) atoms. The zero-order chi connectivity index (χ0) is 21.7. The van der Waals surface area contributed by atoms with Crippen molar-refractivity contribution in [2.45, 2.75) is 18.9 Å². The summed E-state index contributed by atoms with van der Waals surface area (Å²) in [7, 11) is 2.02. The summed E-state index contributed by atoms with van der Waals surface area (Å²) in [5, 5.41) is 0.490. The number of carbonyl (C=O) groups excluding carboxylic acids is 2. The van der Waals surface area contributed by atoms with E-state index in [0.717, 1.165) is 19.4 Å². The molecule has 1 saturated heterocycles. The number of hydrogen-bond donors (Lipinski definition) is 0. The van der Waals surface area contributed by atoms with Crippen molar-refractivity contribution >= 4 is 34.4 Å². The fraction of sp³-hybridized carbons (Fsp3) is 0.273. The topological polar surface area (TPSA) is 70.0 Å². The van der Waals surface area contributed by atoms with Gasteiger partial charge in [0.15, 0.2) is 5.75 Å². The molecule has 1 atom stereocenters. The molecule has 1 fully saturated rings. The summed E-state index contributed by atoms with van der Waals surface area (Å²) in [6, 6.07) is 9.26. The number of esters is 2. The maximum atomic E-state index is 13.6. The minimum atomic E-state index is -1.17. The normalized spacial score (nSPS) is 18.7. The number of ether oxygens (including phenoxy) is 3. The molecule has 0 bridgehead atoms. The smallest absolute Gasteiger partial charge is 0.423 e. The van der Waals surface area contributed by atoms with Gasteiger partial charge in [-0.3, -0.25) is 4.57 Å². The van der Waals surface area contributed by atoms with Crippen LogP contribution in [0.2, 0.25) is 5.02 Å². The highest BCUT2D eigenvalue weighted by Gasteiger charge is 2.35. The number of hydrogen-bond acceptors (Lipinski definition) is 6. The molecule has 2 aromatic carbocycles. The first-order valence-corrected chi connectivity index (χ1v) is 10.2. The van der Waals surface area contributed by atoms with Crippen molar-refractivity contribution in [1.29, 1.82) is 0 Å². The van der Waals surface area contributed by atoms with Crippen LogP contribution in [0.1, 0.15) is 12.8 Å². The molecule has 0 spiro atoms. The third kappa shape index (κ3) is 3.32. The second-order valence-corrected chi connectivity index (χ2v) is 7.99. The third-order valence-electron chi connectivity index (χ3n) is 5.68. The molecule has 5 rings (SSSR count). The molecule has 0 N–H and O–H groups in total. The van der Waals surface area contributed by atoms with Gasteiger partial charge in [0, 0.05) is 11.7 Å². The number of likely N-dealkylation sites (tertiary alicyclic amines) is 1. The van der Waals surface area contributed by atoms with Gasteiger partial charge in [-0.1, -0.05) is 11.6 Å². The summed E-state index contributed by atoms with van der Waals surface area (Å²) >= 11 is 6.27. The Morgan fingerprint density at radius 2 is 1.81 bits per heavy atom. The Labute approximate surface area is 181 Å². The quantitative estimate of drug-likeness (QED) is 0.347. The molecule has 3 heterocycles. The maximum absolute atomic E-state index is 13.6. The molecular formula is C22H18ClFN2O5. The Bertz CT molecular complexity index is 1210. The van der Waals surface area contributed by atoms with Crippen LogP contribution in [0.3, 0.4) is 0 Å². The molecule has 2 aliphatic heterocycles. The fourth-order valence-electron chi connectivity index (χ4n) is 4.08. The SMILES string of the molecule is CN1CCC[C@H]1COc1c2c3c(c(Cl)ccc3n1-c1ccc(F)cc1)OC(=O)C(=O)O2. The summed E-state index contributed by atoms with van der Waals surface area (Å²) < 4.78 is 32.1. The summed E-state index contributed by atoms with van der Waals surface area (Å²) in [5.74, 6) is -2.44. The molecule has 9 heteroatoms. The van der Waals surface area contributed by atoms with Crippen LogP contribution in [0, 0.1) is 5.82 Å². The van der Waals surface area contributed by atoms with Crippen LogP contribution in [0.5, 0.6) is 17.4 Å². The Kier molecular flexibility index (Phi) is 4.83. The van der Waals surface area contributed by atoms with E-state index in [9.17, 15) is 14.0 Å². The number of rotatable bonds is 4. The Morgan fingerprint density at radius 1 is 1.10 bits per heavy atom. The van der Waals surface area contributed by atoms with Crippen LogP contribution in [-0.2, 0) is 9.59 Å². The van der Waals surface area contributed by atoms with Gasteiger partial charge in [0.05, 0.1) is 15.9 Å². The zero-order valence-electron chi connectivity index (χ0n) is 16.6. The fourth-order valence-corrected chi connectivity index (χ4v) is 4.27. The first-order valence-electron chi connectivity index (χ1n) is 9.84. The molecule has 0 radical (unpaired) electrons. The third-order valence-corrected chi connectivity index (χ3v) is 5.98. The Balaban J connectivity index is 1.73. The van der Waals surface area contributed by atoms with E-state index in [2.05, 4.69) is 4.90 Å². The molecule has 0 aliphatic carbocycles. The highest BCUT2D eigenvalue weighted by atomic mass is 35.5. The van der Waals surface area contributed by atoms with E-state index in [1.165, 1.54) is 12.1 Å². The minimum Gasteiger partial charge on any atom is -0.474 e. The van der Waals surface area contributed by atoms with Gasteiger partial charge in [-0.25, -0.2) is 14.0 Å². The van der Waals surface area contributed by atoms with Crippen LogP contribution >= 0.6 is 11.6 Å². The van der Waals surface area contributed by atoms with Crippen LogP contribution in [0.4, 0.5) is 4.39 Å². The number of likely N-dealkylation sites (N-methyl/N-ethyl adjacent to an activating group) is 1. The molecule has 3 aromatic rings. The standard InChI is InChI=1S/C22H18ClFN2O5/c1-25-10-2-3-14(25)11-29-20-19-17-16(26(20)13-6-4-12(24)5-7-13)9-8-15(23)18(17)30-21(27)22(28)31-19/h4-9,14H,2-3,10-11H2,1H3/t14-/m0/s1. The number of nitrogens with zero attached hydrogens (tertiary/aromatic N) is 2. The first-order chi connectivity index (χ1) is 14.9. The van der Waals surface area contributed by atoms with Crippen LogP contribution in [-0.4, -0.2) is 47.6 Å². The molecule has 0 unspecified atom stereocenters. The summed E-state index contributed by atoms with van der Waals surface area (Å²) in [4.78, 5) is 26.5. The molecule has 0 saturated carbocycles. The van der Waals surface area contributed by atoms with E-state index in [-0.39, 0.29) is 34.3 Å². The maximum Gasteiger partial charge on any atom is 0.423 e. The zero-order valence-corrected chi connectivity index (χ0v) is 17.3. The molecule has 2 aliphatic rings. The second-order valence-electron chi connectivity index (χ2n) is 7.58. The predicted octanol–water partition coefficient (Wildman–Crippen LogP) is 3.72. The van der Waals surface area contributed by atoms with Crippen LogP contribution in [0.25, 0.3) is 16.6 Å². The van der Waals surface area contributed by atoms with E-state index in [4.69, 9.17) is 25.8 Å². The second kappa shape index (κ2) is 7.55. The van der Waals surface area contributed by atoms with E-state index in [0.29, 0.717) is 23.2 Å². The van der Waals surface area contributed by atoms with Crippen molar-refractivity contribution in [1.82, 2.24) is 9.47 Å². The predicted molar refractivity (Wildman–Crippen MR) is 111 cm³/mol. The largest absolute Gasteiger partial charge is 0.474 e. The molecule has 0 amide bonds. The number of halogens is 2. The van der Waals surface area contributed by atoms with Gasteiger partial charge in [-0.05, 0) is 62.8 Å². The lowest BCUT2D eigenvalue weighted by molar-refractivity contribution is -0.155. The van der Waals surface area contributed by atoms with Crippen molar-refractivity contribution in [3.63, 3.8) is 0 Å². The molecule has 7 nitrogen and oxygen atoms in total. The first kappa shape index (κ1) is 19.8. The monoisotopic (exact) mass is 444 g/mol. The molecular weight excluding hydrogens is 427 g/mol. The lowest BCUT2D eigenvalue weighted by Gasteiger charge is -2.21. The lowest BCUT2D eigenvalue weighted by Crippen LogP contribution is -2.31. The molecule has 1 aromatic heterocycles. The van der Waals surface area contributed by atoms with Gasteiger partial charge in [0.25, 0.3) is 0 Å². The highest BCUT2D eigenvalue weighted by Crippen LogP contribution is 2.49. The summed E-state index contributed by atoms with van der Waals surface area (Å²) in [6.07, 6.45) is 2.04. The van der Waals surface area contributed by atoms with Gasteiger partial charge in [0.2, 0.25) is 11.6 Å². The number of benzene rings is 2. The van der Waals surface area contributed by atoms with E-state index in [1.54, 1.807) is 28.8 Å². The van der Waals surface area contributed by atoms with Crippen molar-refractivity contribution in [3.8, 4) is 23.1 Å². The number of aromatic nitrogens is 1. The number of carbonyl (C=O) groups is 2. The van der Waals surface area contributed by atoms with Crippen LogP contribution in [0.15, 0.2) is 36.4 Å². The van der Waals surface area contributed by atoms with Gasteiger partial charge in [0.1, 0.15) is 12.4 Å². The Morgan fingerprint density at radius 3 is 2.48 bits per heavy atom. The van der Waals surface area contributed by atoms with Crippen molar-refractivity contribution in [2.75, 3.05) is 20.2 Å². The van der Waals surface area contributed by atoms with Crippen LogP contribution < -0.4 is 14.2 Å². The molecule has 160 valence electrons. The van der Waals surface area contributed by atoms with Crippen molar-refractivity contribution < 1.29 is 28.2 Å². The average Bonchev–Trinajstić information content (AvgIpc) is 3.25. The van der Waals surface area contributed by atoms with Gasteiger partial charge in [-0.15, -0.1) is 0 Å². The highest BCUT2D eigenvalue weighted by molar-refractivity contribution is 6.36. The van der Waals surface area contributed by atoms with Crippen molar-refractivity contribution in [2.24, 2.45) is 0 Å². The van der Waals surface area contributed by atoms with Crippen molar-refractivity contribution in [3.05, 3.63) is 47.2 Å². The van der Waals surface area contributed by atoms with E-state index >= 15 is 0 Å². The van der Waals surface area contributed by atoms with Gasteiger partial charge in [-0.2, -0.15) is 0 Å². The summed E-state index contributed by atoms with van der Waals surface area (Å²) in [6.45, 7) is 1.31. The lowest BCUT2D eigenvalue weighted by atomic mass is 10.2. The van der Waals surface area contributed by atoms with E-state index in [1.807, 2.05) is 7.05 Å². The minimum absolute atomic E-state index is 0.0220. The van der Waals surface area contributed by atoms with E-state index < -0.39 is 11.9 Å². The summed E-state index contributed by atoms with van der Waals surface area (Å²) in [5.41, 5.74) is 1.13. The van der Waals surface area contributed by atoms with Gasteiger partial charge >= 0.3 is 11.9 Å². The Hall–Kier alpha value is -3.10. The van der Waals surface area contributed by atoms with Gasteiger partial charge < -0.3 is 19.1 Å². The average molecular weight is 445 g/mol.